The first-order valence-corrected chi connectivity index (χ1v) is 9.34. The highest BCUT2D eigenvalue weighted by Gasteiger charge is 2.12. The number of aromatic nitrogens is 5. The molecule has 0 saturated carbocycles. The van der Waals surface area contributed by atoms with Crippen LogP contribution in [0, 0.1) is 13.8 Å². The van der Waals surface area contributed by atoms with Gasteiger partial charge < -0.3 is 10.5 Å². The predicted octanol–water partition coefficient (Wildman–Crippen LogP) is 3.38. The number of aryl methyl sites for hydroxylation is 3. The zero-order chi connectivity index (χ0) is 19.8. The molecule has 0 atom stereocenters. The molecule has 28 heavy (non-hydrogen) atoms. The molecule has 142 valence electrons. The van der Waals surface area contributed by atoms with Crippen LogP contribution in [0.2, 0.25) is 0 Å². The number of nitrogens with zero attached hydrogens (tertiary/aromatic N) is 5. The summed E-state index contributed by atoms with van der Waals surface area (Å²) in [7, 11) is 1.77. The zero-order valence-electron chi connectivity index (χ0n) is 15.6. The number of hydrogen-bond acceptors (Lipinski definition) is 6. The number of carbonyl (C=O) groups excluding carboxylic acids is 1. The number of amides is 1. The van der Waals surface area contributed by atoms with Crippen molar-refractivity contribution in [3.63, 3.8) is 0 Å². The number of imidazole rings is 1. The van der Waals surface area contributed by atoms with E-state index < -0.39 is 6.09 Å². The van der Waals surface area contributed by atoms with Gasteiger partial charge in [0, 0.05) is 16.8 Å². The molecule has 8 nitrogen and oxygen atoms in total. The second kappa shape index (κ2) is 7.01. The predicted molar refractivity (Wildman–Crippen MR) is 106 cm³/mol. The minimum absolute atomic E-state index is 0.174. The van der Waals surface area contributed by atoms with Gasteiger partial charge in [-0.25, -0.2) is 14.5 Å². The summed E-state index contributed by atoms with van der Waals surface area (Å²) < 4.78 is 8.43. The standard InChI is InChI=1S/C19H18N6O2S/c1-11-21-12(2)25(23-11)13-4-6-14(7-5-13)28-15-8-9-17-16(10-15)22-19(24(17)3)27-18(20)26/h4-10H,1-3H3,(H2,20,26). The van der Waals surface area contributed by atoms with Crippen LogP contribution in [0.15, 0.2) is 52.3 Å². The fourth-order valence-corrected chi connectivity index (χ4v) is 3.81. The lowest BCUT2D eigenvalue weighted by molar-refractivity contribution is 0.205. The van der Waals surface area contributed by atoms with Gasteiger partial charge in [-0.3, -0.25) is 4.57 Å². The Labute approximate surface area is 165 Å². The van der Waals surface area contributed by atoms with E-state index in [2.05, 4.69) is 15.1 Å². The van der Waals surface area contributed by atoms with Crippen LogP contribution in [-0.4, -0.2) is 30.4 Å². The van der Waals surface area contributed by atoms with Crippen molar-refractivity contribution < 1.29 is 9.53 Å². The molecule has 0 aliphatic rings. The molecule has 0 aliphatic heterocycles. The fourth-order valence-electron chi connectivity index (χ4n) is 2.96. The van der Waals surface area contributed by atoms with E-state index in [4.69, 9.17) is 10.5 Å². The molecule has 0 spiro atoms. The maximum Gasteiger partial charge on any atom is 0.412 e. The van der Waals surface area contributed by atoms with Gasteiger partial charge in [-0.05, 0) is 56.3 Å². The fraction of sp³-hybridized carbons (Fsp3) is 0.158. The van der Waals surface area contributed by atoms with Crippen molar-refractivity contribution in [3.05, 3.63) is 54.1 Å². The van der Waals surface area contributed by atoms with Gasteiger partial charge in [0.2, 0.25) is 0 Å². The molecule has 2 aromatic heterocycles. The lowest BCUT2D eigenvalue weighted by Crippen LogP contribution is -2.18. The monoisotopic (exact) mass is 394 g/mol. The number of nitrogens with two attached hydrogens (primary N) is 1. The highest BCUT2D eigenvalue weighted by molar-refractivity contribution is 7.99. The normalized spacial score (nSPS) is 11.1. The minimum atomic E-state index is -0.883. The first-order chi connectivity index (χ1) is 13.4. The van der Waals surface area contributed by atoms with Gasteiger partial charge in [0.05, 0.1) is 16.7 Å². The molecule has 0 fully saturated rings. The molecular weight excluding hydrogens is 376 g/mol. The van der Waals surface area contributed by atoms with E-state index in [1.165, 1.54) is 0 Å². The average Bonchev–Trinajstić information content (AvgIpc) is 3.14. The Morgan fingerprint density at radius 3 is 2.43 bits per heavy atom. The van der Waals surface area contributed by atoms with E-state index in [9.17, 15) is 4.79 Å². The van der Waals surface area contributed by atoms with Gasteiger partial charge in [-0.2, -0.15) is 10.1 Å². The smallest absolute Gasteiger partial charge is 0.375 e. The lowest BCUT2D eigenvalue weighted by atomic mass is 10.3. The second-order valence-electron chi connectivity index (χ2n) is 6.24. The zero-order valence-corrected chi connectivity index (χ0v) is 16.4. The molecule has 2 aromatic carbocycles. The summed E-state index contributed by atoms with van der Waals surface area (Å²) in [6.45, 7) is 3.81. The topological polar surface area (TPSA) is 101 Å². The third kappa shape index (κ3) is 3.44. The number of benzene rings is 2. The number of fused-ring (bicyclic) bond motifs is 1. The molecule has 0 unspecified atom stereocenters. The molecule has 9 heteroatoms. The van der Waals surface area contributed by atoms with E-state index in [-0.39, 0.29) is 6.01 Å². The third-order valence-electron chi connectivity index (χ3n) is 4.19. The van der Waals surface area contributed by atoms with E-state index in [0.29, 0.717) is 0 Å². The van der Waals surface area contributed by atoms with Crippen LogP contribution < -0.4 is 10.5 Å². The van der Waals surface area contributed by atoms with Crippen molar-refractivity contribution in [1.29, 1.82) is 0 Å². The molecule has 0 saturated heterocycles. The molecular formula is C19H18N6O2S. The third-order valence-corrected chi connectivity index (χ3v) is 5.19. The van der Waals surface area contributed by atoms with Crippen LogP contribution in [0.5, 0.6) is 6.01 Å². The van der Waals surface area contributed by atoms with Crippen LogP contribution in [0.4, 0.5) is 4.79 Å². The van der Waals surface area contributed by atoms with E-state index in [1.54, 1.807) is 23.4 Å². The Balaban J connectivity index is 1.57. The van der Waals surface area contributed by atoms with E-state index in [0.717, 1.165) is 38.2 Å². The van der Waals surface area contributed by atoms with Crippen molar-refractivity contribution in [1.82, 2.24) is 24.3 Å². The Bertz CT molecular complexity index is 1180. The van der Waals surface area contributed by atoms with Crippen molar-refractivity contribution >= 4 is 28.9 Å². The highest BCUT2D eigenvalue weighted by Crippen LogP contribution is 2.31. The molecule has 4 rings (SSSR count). The van der Waals surface area contributed by atoms with Gasteiger partial charge >= 0.3 is 12.1 Å². The van der Waals surface area contributed by atoms with Crippen LogP contribution in [0.25, 0.3) is 16.7 Å². The van der Waals surface area contributed by atoms with Crippen LogP contribution in [0.1, 0.15) is 11.6 Å². The number of primary amides is 1. The second-order valence-corrected chi connectivity index (χ2v) is 7.39. The summed E-state index contributed by atoms with van der Waals surface area (Å²) in [5.74, 6) is 1.60. The van der Waals surface area contributed by atoms with Gasteiger partial charge in [0.15, 0.2) is 0 Å². The largest absolute Gasteiger partial charge is 0.412 e. The van der Waals surface area contributed by atoms with Crippen LogP contribution in [0.3, 0.4) is 0 Å². The average molecular weight is 394 g/mol. The Hall–Kier alpha value is -3.33. The SMILES string of the molecule is Cc1nc(C)n(-c2ccc(Sc3ccc4c(c3)nc(OC(N)=O)n4C)cc2)n1. The summed E-state index contributed by atoms with van der Waals surface area (Å²) in [4.78, 5) is 21.8. The molecule has 2 heterocycles. The van der Waals surface area contributed by atoms with E-state index >= 15 is 0 Å². The Morgan fingerprint density at radius 2 is 1.79 bits per heavy atom. The molecule has 0 bridgehead atoms. The van der Waals surface area contributed by atoms with Gasteiger partial charge in [0.1, 0.15) is 11.6 Å². The first kappa shape index (κ1) is 18.1. The number of ether oxygens (including phenoxy) is 1. The van der Waals surface area contributed by atoms with Gasteiger partial charge in [0.25, 0.3) is 0 Å². The van der Waals surface area contributed by atoms with Gasteiger partial charge in [-0.1, -0.05) is 11.8 Å². The summed E-state index contributed by atoms with van der Waals surface area (Å²) in [6.07, 6.45) is -0.883. The van der Waals surface area contributed by atoms with Crippen molar-refractivity contribution in [3.8, 4) is 11.7 Å². The quantitative estimate of drug-likeness (QED) is 0.569. The molecule has 0 radical (unpaired) electrons. The lowest BCUT2D eigenvalue weighted by Gasteiger charge is -2.06. The number of rotatable bonds is 4. The van der Waals surface area contributed by atoms with Gasteiger partial charge in [-0.15, -0.1) is 0 Å². The Kier molecular flexibility index (Phi) is 4.52. The summed E-state index contributed by atoms with van der Waals surface area (Å²) in [6, 6.07) is 14.2. The van der Waals surface area contributed by atoms with E-state index in [1.807, 2.05) is 61.0 Å². The van der Waals surface area contributed by atoms with Crippen LogP contribution in [-0.2, 0) is 7.05 Å². The summed E-state index contributed by atoms with van der Waals surface area (Å²) >= 11 is 1.62. The number of hydrogen-bond donors (Lipinski definition) is 1. The summed E-state index contributed by atoms with van der Waals surface area (Å²) in [5, 5.41) is 4.40. The van der Waals surface area contributed by atoms with Crippen molar-refractivity contribution in [2.24, 2.45) is 12.8 Å². The summed E-state index contributed by atoms with van der Waals surface area (Å²) in [5.41, 5.74) is 7.64. The first-order valence-electron chi connectivity index (χ1n) is 8.53. The van der Waals surface area contributed by atoms with Crippen molar-refractivity contribution in [2.75, 3.05) is 0 Å². The maximum absolute atomic E-state index is 11.0. The molecule has 2 N–H and O–H groups in total. The maximum atomic E-state index is 11.0. The van der Waals surface area contributed by atoms with Crippen LogP contribution >= 0.6 is 11.8 Å². The highest BCUT2D eigenvalue weighted by atomic mass is 32.2. The molecule has 1 amide bonds. The minimum Gasteiger partial charge on any atom is -0.375 e. The molecule has 4 aromatic rings. The molecule has 0 aliphatic carbocycles. The Morgan fingerprint density at radius 1 is 1.07 bits per heavy atom. The van der Waals surface area contributed by atoms with Crippen molar-refractivity contribution in [2.45, 2.75) is 23.6 Å². The number of carbonyl (C=O) groups is 1.